The molecule has 0 bridgehead atoms. The van der Waals surface area contributed by atoms with Crippen LogP contribution in [-0.4, -0.2) is 27.5 Å². The Balaban J connectivity index is 1.94. The molecule has 25 heavy (non-hydrogen) atoms. The molecule has 3 aromatic rings. The quantitative estimate of drug-likeness (QED) is 0.665. The molecule has 0 aliphatic rings. The van der Waals surface area contributed by atoms with Gasteiger partial charge in [0.2, 0.25) is 11.9 Å². The van der Waals surface area contributed by atoms with Gasteiger partial charge in [-0.05, 0) is 19.1 Å². The van der Waals surface area contributed by atoms with Crippen LogP contribution in [0.15, 0.2) is 60.7 Å². The Morgan fingerprint density at radius 2 is 1.52 bits per heavy atom. The van der Waals surface area contributed by atoms with Crippen LogP contribution in [0.25, 0.3) is 11.4 Å². The lowest BCUT2D eigenvalue weighted by Crippen LogP contribution is -2.29. The number of hydrogen-bond acceptors (Lipinski definition) is 5. The van der Waals surface area contributed by atoms with Gasteiger partial charge in [0.05, 0.1) is 0 Å². The van der Waals surface area contributed by atoms with Crippen LogP contribution in [0.1, 0.15) is 6.92 Å². The van der Waals surface area contributed by atoms with Crippen LogP contribution in [0.5, 0.6) is 0 Å². The molecule has 7 heteroatoms. The molecular weight excluding hydrogens is 316 g/mol. The maximum Gasteiger partial charge on any atom is 0.321 e. The van der Waals surface area contributed by atoms with Crippen molar-refractivity contribution in [2.24, 2.45) is 0 Å². The van der Waals surface area contributed by atoms with Crippen molar-refractivity contribution in [1.82, 2.24) is 20.3 Å². The van der Waals surface area contributed by atoms with E-state index in [2.05, 4.69) is 30.9 Å². The highest BCUT2D eigenvalue weighted by Gasteiger charge is 2.11. The third-order valence-electron chi connectivity index (χ3n) is 3.26. The number of nitrogens with one attached hydrogen (secondary N) is 3. The smallest absolute Gasteiger partial charge is 0.321 e. The molecule has 1 aromatic heterocycles. The summed E-state index contributed by atoms with van der Waals surface area (Å²) in [6, 6.07) is 18.7. The van der Waals surface area contributed by atoms with E-state index in [4.69, 9.17) is 0 Å². The summed E-state index contributed by atoms with van der Waals surface area (Å²) in [6.45, 7) is 2.35. The largest absolute Gasteiger partial charge is 0.338 e. The fourth-order valence-electron chi connectivity index (χ4n) is 2.16. The van der Waals surface area contributed by atoms with Gasteiger partial charge >= 0.3 is 6.03 Å². The van der Waals surface area contributed by atoms with Crippen LogP contribution in [0, 0.1) is 0 Å². The van der Waals surface area contributed by atoms with E-state index in [0.717, 1.165) is 11.3 Å². The van der Waals surface area contributed by atoms with Gasteiger partial charge in [-0.3, -0.25) is 5.32 Å². The summed E-state index contributed by atoms with van der Waals surface area (Å²) in [4.78, 5) is 24.8. The van der Waals surface area contributed by atoms with E-state index in [9.17, 15) is 4.79 Å². The number of aromatic nitrogens is 3. The number of hydrogen-bond donors (Lipinski definition) is 3. The summed E-state index contributed by atoms with van der Waals surface area (Å²) in [5, 5.41) is 8.40. The molecule has 0 radical (unpaired) electrons. The molecule has 0 unspecified atom stereocenters. The van der Waals surface area contributed by atoms with Crippen LogP contribution < -0.4 is 16.0 Å². The number of para-hydroxylation sites is 1. The molecule has 0 aliphatic heterocycles. The molecule has 2 amide bonds. The Morgan fingerprint density at radius 3 is 2.20 bits per heavy atom. The Hall–Kier alpha value is -3.48. The van der Waals surface area contributed by atoms with Gasteiger partial charge in [-0.1, -0.05) is 48.5 Å². The Morgan fingerprint density at radius 1 is 0.880 bits per heavy atom. The van der Waals surface area contributed by atoms with E-state index in [1.807, 2.05) is 67.6 Å². The first kappa shape index (κ1) is 16.4. The topological polar surface area (TPSA) is 91.8 Å². The Kier molecular flexibility index (Phi) is 5.16. The average molecular weight is 334 g/mol. The number of amides is 2. The fourth-order valence-corrected chi connectivity index (χ4v) is 2.16. The summed E-state index contributed by atoms with van der Waals surface area (Å²) in [5.41, 5.74) is 1.68. The molecule has 0 fully saturated rings. The number of urea groups is 1. The van der Waals surface area contributed by atoms with Gasteiger partial charge in [0.15, 0.2) is 5.82 Å². The van der Waals surface area contributed by atoms with Gasteiger partial charge in [-0.2, -0.15) is 15.0 Å². The van der Waals surface area contributed by atoms with Crippen molar-refractivity contribution < 1.29 is 4.79 Å². The van der Waals surface area contributed by atoms with Gasteiger partial charge in [0.25, 0.3) is 0 Å². The average Bonchev–Trinajstić information content (AvgIpc) is 2.63. The third-order valence-corrected chi connectivity index (χ3v) is 3.26. The van der Waals surface area contributed by atoms with Crippen LogP contribution in [0.4, 0.5) is 22.4 Å². The molecular formula is C18H18N6O. The SMILES string of the molecule is CCNC(=O)Nc1nc(Nc2ccccc2)nc(-c2ccccc2)n1. The first-order valence-electron chi connectivity index (χ1n) is 7.93. The van der Waals surface area contributed by atoms with Crippen LogP contribution in [-0.2, 0) is 0 Å². The van der Waals surface area contributed by atoms with Crippen molar-refractivity contribution in [3.8, 4) is 11.4 Å². The number of rotatable bonds is 5. The van der Waals surface area contributed by atoms with E-state index in [1.165, 1.54) is 0 Å². The lowest BCUT2D eigenvalue weighted by Gasteiger charge is -2.10. The maximum atomic E-state index is 11.8. The molecule has 1 heterocycles. The monoisotopic (exact) mass is 334 g/mol. The minimum absolute atomic E-state index is 0.179. The number of anilines is 3. The zero-order valence-electron chi connectivity index (χ0n) is 13.7. The van der Waals surface area contributed by atoms with Crippen molar-refractivity contribution in [2.45, 2.75) is 6.92 Å². The number of nitrogens with zero attached hydrogens (tertiary/aromatic N) is 3. The highest BCUT2D eigenvalue weighted by molar-refractivity contribution is 5.87. The van der Waals surface area contributed by atoms with E-state index in [0.29, 0.717) is 18.3 Å². The molecule has 7 nitrogen and oxygen atoms in total. The molecule has 0 atom stereocenters. The standard InChI is InChI=1S/C18H18N6O/c1-2-19-18(25)24-17-22-15(13-9-5-3-6-10-13)21-16(23-17)20-14-11-7-4-8-12-14/h3-12H,2H2,1H3,(H3,19,20,21,22,23,24,25). The summed E-state index contributed by atoms with van der Waals surface area (Å²) in [5.74, 6) is 1.01. The van der Waals surface area contributed by atoms with E-state index in [1.54, 1.807) is 0 Å². The minimum Gasteiger partial charge on any atom is -0.338 e. The number of benzene rings is 2. The van der Waals surface area contributed by atoms with Crippen molar-refractivity contribution in [3.63, 3.8) is 0 Å². The second-order valence-corrected chi connectivity index (χ2v) is 5.15. The van der Waals surface area contributed by atoms with E-state index >= 15 is 0 Å². The molecule has 0 aliphatic carbocycles. The first-order valence-corrected chi connectivity index (χ1v) is 7.93. The zero-order chi connectivity index (χ0) is 17.5. The minimum atomic E-state index is -0.363. The molecule has 0 saturated carbocycles. The normalized spacial score (nSPS) is 10.1. The number of carbonyl (C=O) groups excluding carboxylic acids is 1. The predicted molar refractivity (Wildman–Crippen MR) is 97.7 cm³/mol. The Labute approximate surface area is 145 Å². The van der Waals surface area contributed by atoms with Crippen molar-refractivity contribution in [3.05, 3.63) is 60.7 Å². The van der Waals surface area contributed by atoms with Gasteiger partial charge in [-0.25, -0.2) is 4.79 Å². The predicted octanol–water partition coefficient (Wildman–Crippen LogP) is 3.42. The second kappa shape index (κ2) is 7.87. The van der Waals surface area contributed by atoms with Gasteiger partial charge in [-0.15, -0.1) is 0 Å². The first-order chi connectivity index (χ1) is 12.2. The van der Waals surface area contributed by atoms with Crippen LogP contribution in [0.3, 0.4) is 0 Å². The van der Waals surface area contributed by atoms with Crippen molar-refractivity contribution >= 4 is 23.6 Å². The molecule has 3 rings (SSSR count). The summed E-state index contributed by atoms with van der Waals surface area (Å²) >= 11 is 0. The van der Waals surface area contributed by atoms with Gasteiger partial charge in [0.1, 0.15) is 0 Å². The van der Waals surface area contributed by atoms with Crippen molar-refractivity contribution in [1.29, 1.82) is 0 Å². The van der Waals surface area contributed by atoms with E-state index < -0.39 is 0 Å². The highest BCUT2D eigenvalue weighted by atomic mass is 16.2. The zero-order valence-corrected chi connectivity index (χ0v) is 13.7. The third kappa shape index (κ3) is 4.51. The summed E-state index contributed by atoms with van der Waals surface area (Å²) < 4.78 is 0. The summed E-state index contributed by atoms with van der Waals surface area (Å²) in [6.07, 6.45) is 0. The van der Waals surface area contributed by atoms with Gasteiger partial charge in [0, 0.05) is 17.8 Å². The molecule has 0 spiro atoms. The molecule has 0 saturated heterocycles. The van der Waals surface area contributed by atoms with Crippen LogP contribution in [0.2, 0.25) is 0 Å². The molecule has 126 valence electrons. The fraction of sp³-hybridized carbons (Fsp3) is 0.111. The molecule has 2 aromatic carbocycles. The lowest BCUT2D eigenvalue weighted by molar-refractivity contribution is 0.252. The van der Waals surface area contributed by atoms with Gasteiger partial charge < -0.3 is 10.6 Å². The van der Waals surface area contributed by atoms with Crippen molar-refractivity contribution in [2.75, 3.05) is 17.2 Å². The Bertz CT molecular complexity index is 839. The van der Waals surface area contributed by atoms with Crippen LogP contribution >= 0.6 is 0 Å². The number of carbonyl (C=O) groups is 1. The maximum absolute atomic E-state index is 11.8. The molecule has 3 N–H and O–H groups in total. The van der Waals surface area contributed by atoms with E-state index in [-0.39, 0.29) is 12.0 Å². The highest BCUT2D eigenvalue weighted by Crippen LogP contribution is 2.19. The second-order valence-electron chi connectivity index (χ2n) is 5.15. The summed E-state index contributed by atoms with van der Waals surface area (Å²) in [7, 11) is 0. The lowest BCUT2D eigenvalue weighted by atomic mass is 10.2.